The second kappa shape index (κ2) is 13.4. The maximum absolute atomic E-state index is 13.4. The number of pyridine rings is 2. The van der Waals surface area contributed by atoms with Crippen LogP contribution < -0.4 is 10.2 Å². The summed E-state index contributed by atoms with van der Waals surface area (Å²) in [7, 11) is 3.25. The monoisotopic (exact) mass is 536 g/mol. The number of methoxy groups -OCH3 is 2. The van der Waals surface area contributed by atoms with E-state index in [1.165, 1.54) is 6.20 Å². The quantitative estimate of drug-likeness (QED) is 0.468. The molecule has 0 bridgehead atoms. The largest absolute Gasteiger partial charge is 0.449 e. The maximum Gasteiger partial charge on any atom is 0.410 e. The summed E-state index contributed by atoms with van der Waals surface area (Å²) in [4.78, 5) is 38.4. The van der Waals surface area contributed by atoms with Gasteiger partial charge in [0.1, 0.15) is 17.7 Å². The van der Waals surface area contributed by atoms with Crippen molar-refractivity contribution in [3.63, 3.8) is 0 Å². The summed E-state index contributed by atoms with van der Waals surface area (Å²) in [6.07, 6.45) is 5.49. The summed E-state index contributed by atoms with van der Waals surface area (Å²) in [6.45, 7) is 4.41. The van der Waals surface area contributed by atoms with Gasteiger partial charge in [0.25, 0.3) is 0 Å². The Balaban J connectivity index is 1.59. The van der Waals surface area contributed by atoms with E-state index in [4.69, 9.17) is 19.2 Å². The lowest BCUT2D eigenvalue weighted by atomic mass is 10.00. The number of carbonyl (C=O) groups is 2. The summed E-state index contributed by atoms with van der Waals surface area (Å²) in [6, 6.07) is 5.60. The van der Waals surface area contributed by atoms with Gasteiger partial charge in [-0.2, -0.15) is 5.26 Å². The first-order chi connectivity index (χ1) is 18.9. The molecule has 2 aromatic heterocycles. The van der Waals surface area contributed by atoms with Gasteiger partial charge in [-0.3, -0.25) is 10.2 Å². The zero-order valence-electron chi connectivity index (χ0n) is 22.9. The second-order valence-corrected chi connectivity index (χ2v) is 9.76. The van der Waals surface area contributed by atoms with Gasteiger partial charge in [0.05, 0.1) is 30.5 Å². The lowest BCUT2D eigenvalue weighted by Gasteiger charge is -2.31. The van der Waals surface area contributed by atoms with Gasteiger partial charge in [0.2, 0.25) is 0 Å². The highest BCUT2D eigenvalue weighted by Crippen LogP contribution is 2.32. The molecule has 11 nitrogen and oxygen atoms in total. The molecule has 2 aliphatic heterocycles. The highest BCUT2D eigenvalue weighted by molar-refractivity contribution is 6.01. The number of carbonyl (C=O) groups excluding carboxylic acids is 2. The number of nitrogens with one attached hydrogen (secondary N) is 1. The molecule has 208 valence electrons. The molecular weight excluding hydrogens is 500 g/mol. The average Bonchev–Trinajstić information content (AvgIpc) is 3.15. The van der Waals surface area contributed by atoms with Crippen molar-refractivity contribution in [2.24, 2.45) is 0 Å². The van der Waals surface area contributed by atoms with Gasteiger partial charge in [-0.15, -0.1) is 0 Å². The predicted molar refractivity (Wildman–Crippen MR) is 144 cm³/mol. The molecule has 0 saturated carbocycles. The van der Waals surface area contributed by atoms with Crippen LogP contribution >= 0.6 is 0 Å². The summed E-state index contributed by atoms with van der Waals surface area (Å²) in [5, 5.41) is 12.3. The second-order valence-electron chi connectivity index (χ2n) is 9.76. The van der Waals surface area contributed by atoms with Crippen molar-refractivity contribution >= 4 is 23.8 Å². The average molecular weight is 537 g/mol. The third-order valence-corrected chi connectivity index (χ3v) is 7.07. The van der Waals surface area contributed by atoms with Crippen LogP contribution in [0.4, 0.5) is 21.2 Å². The standard InChI is InChI=1S/C28H36N6O5/c1-19(38-3)25-22(18-33-10-4-5-13-39-28(33)36)14-21-8-6-11-34(26(21)32-25)27(35)31-24-15-20(9-7-12-37-2)23(16-29)17-30-24/h14-15,17,19H,4-13,18H2,1-3H3,(H,30,31,35). The molecule has 4 rings (SSSR count). The Morgan fingerprint density at radius 1 is 1.23 bits per heavy atom. The highest BCUT2D eigenvalue weighted by atomic mass is 16.6. The molecule has 39 heavy (non-hydrogen) atoms. The zero-order valence-corrected chi connectivity index (χ0v) is 22.9. The molecule has 1 saturated heterocycles. The van der Waals surface area contributed by atoms with E-state index in [2.05, 4.69) is 16.4 Å². The third kappa shape index (κ3) is 6.82. The normalized spacial score (nSPS) is 16.1. The van der Waals surface area contributed by atoms with Gasteiger partial charge in [-0.1, -0.05) is 0 Å². The Morgan fingerprint density at radius 2 is 2.08 bits per heavy atom. The molecule has 1 fully saturated rings. The smallest absolute Gasteiger partial charge is 0.410 e. The van der Waals surface area contributed by atoms with E-state index in [1.807, 2.05) is 13.0 Å². The molecule has 2 aliphatic rings. The molecule has 11 heteroatoms. The van der Waals surface area contributed by atoms with Crippen molar-refractivity contribution < 1.29 is 23.8 Å². The highest BCUT2D eigenvalue weighted by Gasteiger charge is 2.29. The number of cyclic esters (lactones) is 1. The van der Waals surface area contributed by atoms with Crippen LogP contribution in [0.15, 0.2) is 18.3 Å². The van der Waals surface area contributed by atoms with E-state index in [9.17, 15) is 14.9 Å². The first-order valence-electron chi connectivity index (χ1n) is 13.4. The minimum Gasteiger partial charge on any atom is -0.449 e. The van der Waals surface area contributed by atoms with Crippen LogP contribution in [0.1, 0.15) is 66.7 Å². The molecule has 1 atom stereocenters. The molecule has 1 unspecified atom stereocenters. The minimum absolute atomic E-state index is 0.321. The Hall–Kier alpha value is -3.75. The third-order valence-electron chi connectivity index (χ3n) is 7.07. The van der Waals surface area contributed by atoms with E-state index in [1.54, 1.807) is 30.1 Å². The fourth-order valence-electron chi connectivity index (χ4n) is 4.90. The number of urea groups is 1. The van der Waals surface area contributed by atoms with Gasteiger partial charge in [0.15, 0.2) is 0 Å². The summed E-state index contributed by atoms with van der Waals surface area (Å²) < 4.78 is 16.1. The SMILES string of the molecule is COCCCc1cc(NC(=O)N2CCCc3cc(CN4CCCCOC4=O)c(C(C)OC)nc32)ncc1C#N. The molecule has 0 spiro atoms. The van der Waals surface area contributed by atoms with Crippen LogP contribution in [0.5, 0.6) is 0 Å². The van der Waals surface area contributed by atoms with Gasteiger partial charge >= 0.3 is 12.1 Å². The number of aromatic nitrogens is 2. The van der Waals surface area contributed by atoms with Crippen molar-refractivity contribution in [2.45, 2.75) is 58.1 Å². The molecule has 4 heterocycles. The number of rotatable bonds is 9. The first kappa shape index (κ1) is 28.3. The lowest BCUT2D eigenvalue weighted by molar-refractivity contribution is 0.107. The van der Waals surface area contributed by atoms with Gasteiger partial charge in [0, 0.05) is 40.1 Å². The van der Waals surface area contributed by atoms with E-state index in [-0.39, 0.29) is 18.2 Å². The molecule has 1 N–H and O–H groups in total. The molecule has 0 radical (unpaired) electrons. The molecule has 2 aromatic rings. The fraction of sp³-hybridized carbons (Fsp3) is 0.536. The van der Waals surface area contributed by atoms with Gasteiger partial charge in [-0.05, 0) is 74.3 Å². The predicted octanol–water partition coefficient (Wildman–Crippen LogP) is 4.35. The van der Waals surface area contributed by atoms with Crippen LogP contribution in [0.3, 0.4) is 0 Å². The maximum atomic E-state index is 13.4. The molecule has 3 amide bonds. The Bertz CT molecular complexity index is 1230. The lowest BCUT2D eigenvalue weighted by Crippen LogP contribution is -2.40. The molecule has 0 aromatic carbocycles. The Kier molecular flexibility index (Phi) is 9.68. The minimum atomic E-state index is -0.344. The van der Waals surface area contributed by atoms with Crippen molar-refractivity contribution in [1.82, 2.24) is 14.9 Å². The van der Waals surface area contributed by atoms with Crippen molar-refractivity contribution in [3.05, 3.63) is 46.3 Å². The topological polar surface area (TPSA) is 130 Å². The summed E-state index contributed by atoms with van der Waals surface area (Å²) >= 11 is 0. The summed E-state index contributed by atoms with van der Waals surface area (Å²) in [5.74, 6) is 0.953. The zero-order chi connectivity index (χ0) is 27.8. The number of amides is 3. The number of ether oxygens (including phenoxy) is 3. The first-order valence-corrected chi connectivity index (χ1v) is 13.4. The van der Waals surface area contributed by atoms with E-state index in [0.29, 0.717) is 62.2 Å². The molecular formula is C28H36N6O5. The number of anilines is 2. The fourth-order valence-corrected chi connectivity index (χ4v) is 4.90. The number of nitriles is 1. The Morgan fingerprint density at radius 3 is 2.85 bits per heavy atom. The van der Waals surface area contributed by atoms with Crippen LogP contribution in [0.25, 0.3) is 0 Å². The van der Waals surface area contributed by atoms with Gasteiger partial charge < -0.3 is 19.1 Å². The Labute approximate surface area is 229 Å². The van der Waals surface area contributed by atoms with Crippen molar-refractivity contribution in [1.29, 1.82) is 5.26 Å². The van der Waals surface area contributed by atoms with Crippen molar-refractivity contribution in [2.75, 3.05) is 50.7 Å². The van der Waals surface area contributed by atoms with Crippen LogP contribution in [-0.4, -0.2) is 67.5 Å². The number of hydrogen-bond donors (Lipinski definition) is 1. The number of nitrogens with zero attached hydrogens (tertiary/aromatic N) is 5. The van der Waals surface area contributed by atoms with Crippen LogP contribution in [0.2, 0.25) is 0 Å². The van der Waals surface area contributed by atoms with E-state index in [0.717, 1.165) is 48.8 Å². The number of aryl methyl sites for hydroxylation is 2. The summed E-state index contributed by atoms with van der Waals surface area (Å²) in [5.41, 5.74) is 3.80. The number of hydrogen-bond acceptors (Lipinski definition) is 8. The number of fused-ring (bicyclic) bond motifs is 1. The van der Waals surface area contributed by atoms with Gasteiger partial charge in [-0.25, -0.2) is 19.6 Å². The van der Waals surface area contributed by atoms with Crippen LogP contribution in [-0.2, 0) is 33.6 Å². The van der Waals surface area contributed by atoms with E-state index >= 15 is 0 Å². The van der Waals surface area contributed by atoms with Crippen LogP contribution in [0, 0.1) is 11.3 Å². The molecule has 0 aliphatic carbocycles. The van der Waals surface area contributed by atoms with E-state index < -0.39 is 0 Å². The van der Waals surface area contributed by atoms with Crippen molar-refractivity contribution in [3.8, 4) is 6.07 Å².